The molecule has 0 aromatic carbocycles. The lowest BCUT2D eigenvalue weighted by Crippen LogP contribution is -2.51. The van der Waals surface area contributed by atoms with E-state index in [4.69, 9.17) is 0 Å². The van der Waals surface area contributed by atoms with Gasteiger partial charge >= 0.3 is 0 Å². The van der Waals surface area contributed by atoms with Crippen molar-refractivity contribution >= 4 is 33.2 Å². The maximum Gasteiger partial charge on any atom is 0.239 e. The largest absolute Gasteiger partial charge is 0.338 e. The normalized spacial score (nSPS) is 20.8. The Labute approximate surface area is 140 Å². The van der Waals surface area contributed by atoms with Crippen LogP contribution in [0, 0.1) is 0 Å². The molecule has 2 heterocycles. The number of hydrogen-bond donors (Lipinski definition) is 0. The van der Waals surface area contributed by atoms with Gasteiger partial charge in [-0.25, -0.2) is 0 Å². The van der Waals surface area contributed by atoms with Gasteiger partial charge in [0.1, 0.15) is 0 Å². The predicted octanol–water partition coefficient (Wildman–Crippen LogP) is 4.12. The number of thiophene rings is 1. The summed E-state index contributed by atoms with van der Waals surface area (Å²) in [5, 5.41) is 2.09. The molecule has 0 bridgehead atoms. The van der Waals surface area contributed by atoms with Crippen LogP contribution in [0.3, 0.4) is 0 Å². The number of hydrogen-bond acceptors (Lipinski definition) is 3. The van der Waals surface area contributed by atoms with E-state index in [1.807, 2.05) is 14.0 Å². The molecular weight excluding hydrogens is 348 g/mol. The molecule has 1 aliphatic heterocycles. The fraction of sp³-hybridized carbons (Fsp3) is 0.688. The summed E-state index contributed by atoms with van der Waals surface area (Å²) in [7, 11) is 2.04. The summed E-state index contributed by atoms with van der Waals surface area (Å²) < 4.78 is 1.12. The highest BCUT2D eigenvalue weighted by molar-refractivity contribution is 9.10. The van der Waals surface area contributed by atoms with Gasteiger partial charge in [-0.1, -0.05) is 6.92 Å². The fourth-order valence-electron chi connectivity index (χ4n) is 2.96. The van der Waals surface area contributed by atoms with Gasteiger partial charge in [-0.05, 0) is 61.7 Å². The van der Waals surface area contributed by atoms with Crippen LogP contribution in [0.2, 0.25) is 0 Å². The third-order valence-corrected chi connectivity index (χ3v) is 6.11. The molecule has 118 valence electrons. The van der Waals surface area contributed by atoms with Crippen LogP contribution in [-0.4, -0.2) is 41.4 Å². The topological polar surface area (TPSA) is 23.6 Å². The van der Waals surface area contributed by atoms with Gasteiger partial charge < -0.3 is 4.90 Å². The Bertz CT molecular complexity index is 477. The summed E-state index contributed by atoms with van der Waals surface area (Å²) in [6, 6.07) is 2.52. The van der Waals surface area contributed by atoms with E-state index in [2.05, 4.69) is 44.1 Å². The Balaban J connectivity index is 1.97. The Morgan fingerprint density at radius 3 is 2.95 bits per heavy atom. The summed E-state index contributed by atoms with van der Waals surface area (Å²) in [4.78, 5) is 18.3. The molecule has 2 unspecified atom stereocenters. The SMILES string of the molecule is CCC1CCCCN1C(=O)C(C)N(C)Cc1cc(Br)cs1. The van der Waals surface area contributed by atoms with E-state index in [1.54, 1.807) is 11.3 Å². The van der Waals surface area contributed by atoms with Crippen molar-refractivity contribution in [1.29, 1.82) is 0 Å². The second kappa shape index (κ2) is 7.75. The molecule has 5 heteroatoms. The third kappa shape index (κ3) is 4.30. The molecule has 2 rings (SSSR count). The summed E-state index contributed by atoms with van der Waals surface area (Å²) in [6.07, 6.45) is 4.64. The van der Waals surface area contributed by atoms with E-state index in [9.17, 15) is 4.79 Å². The number of halogens is 1. The van der Waals surface area contributed by atoms with Crippen molar-refractivity contribution in [3.05, 3.63) is 20.8 Å². The summed E-state index contributed by atoms with van der Waals surface area (Å²) in [5.74, 6) is 0.291. The Hall–Kier alpha value is -0.390. The molecule has 1 amide bonds. The highest BCUT2D eigenvalue weighted by Gasteiger charge is 2.30. The van der Waals surface area contributed by atoms with E-state index >= 15 is 0 Å². The molecule has 3 nitrogen and oxygen atoms in total. The molecule has 1 aliphatic rings. The molecule has 21 heavy (non-hydrogen) atoms. The van der Waals surface area contributed by atoms with Crippen molar-refractivity contribution in [3.8, 4) is 0 Å². The Kier molecular flexibility index (Phi) is 6.26. The van der Waals surface area contributed by atoms with E-state index in [1.165, 1.54) is 11.3 Å². The minimum Gasteiger partial charge on any atom is -0.338 e. The Morgan fingerprint density at radius 2 is 2.33 bits per heavy atom. The summed E-state index contributed by atoms with van der Waals surface area (Å²) in [6.45, 7) is 5.98. The zero-order valence-electron chi connectivity index (χ0n) is 13.1. The second-order valence-corrected chi connectivity index (χ2v) is 7.82. The number of likely N-dealkylation sites (tertiary alicyclic amines) is 1. The van der Waals surface area contributed by atoms with Gasteiger partial charge in [-0.2, -0.15) is 0 Å². The lowest BCUT2D eigenvalue weighted by Gasteiger charge is -2.38. The molecule has 1 saturated heterocycles. The highest BCUT2D eigenvalue weighted by atomic mass is 79.9. The van der Waals surface area contributed by atoms with Crippen LogP contribution in [0.15, 0.2) is 15.9 Å². The first kappa shape index (κ1) is 17.0. The Morgan fingerprint density at radius 1 is 1.57 bits per heavy atom. The first-order valence-electron chi connectivity index (χ1n) is 7.76. The zero-order chi connectivity index (χ0) is 15.4. The summed E-state index contributed by atoms with van der Waals surface area (Å²) in [5.41, 5.74) is 0. The van der Waals surface area contributed by atoms with Crippen molar-refractivity contribution in [1.82, 2.24) is 9.80 Å². The molecule has 2 atom stereocenters. The van der Waals surface area contributed by atoms with Gasteiger partial charge in [0.25, 0.3) is 0 Å². The standard InChI is InChI=1S/C16H25BrN2OS/c1-4-14-7-5-6-8-19(14)16(20)12(2)18(3)10-15-9-13(17)11-21-15/h9,11-12,14H,4-8,10H2,1-3H3. The number of carbonyl (C=O) groups is 1. The first-order valence-corrected chi connectivity index (χ1v) is 9.43. The van der Waals surface area contributed by atoms with Crippen LogP contribution >= 0.6 is 27.3 Å². The number of likely N-dealkylation sites (N-methyl/N-ethyl adjacent to an activating group) is 1. The highest BCUT2D eigenvalue weighted by Crippen LogP contribution is 2.23. The van der Waals surface area contributed by atoms with Gasteiger partial charge in [0.05, 0.1) is 6.04 Å². The molecule has 1 fully saturated rings. The van der Waals surface area contributed by atoms with Crippen LogP contribution in [0.4, 0.5) is 0 Å². The minimum absolute atomic E-state index is 0.0574. The average Bonchev–Trinajstić information content (AvgIpc) is 2.90. The van der Waals surface area contributed by atoms with Crippen LogP contribution in [0.1, 0.15) is 44.4 Å². The lowest BCUT2D eigenvalue weighted by atomic mass is 9.99. The van der Waals surface area contributed by atoms with Gasteiger partial charge in [0, 0.05) is 33.9 Å². The van der Waals surface area contributed by atoms with E-state index in [0.717, 1.165) is 36.8 Å². The molecule has 0 aliphatic carbocycles. The molecule has 1 aromatic rings. The maximum atomic E-state index is 12.8. The number of piperidine rings is 1. The van der Waals surface area contributed by atoms with Gasteiger partial charge in [0.15, 0.2) is 0 Å². The minimum atomic E-state index is -0.0574. The molecule has 0 radical (unpaired) electrons. The number of carbonyl (C=O) groups excluding carboxylic acids is 1. The fourth-order valence-corrected chi connectivity index (χ4v) is 4.48. The number of rotatable bonds is 5. The van der Waals surface area contributed by atoms with Crippen LogP contribution in [0.5, 0.6) is 0 Å². The quantitative estimate of drug-likeness (QED) is 0.775. The van der Waals surface area contributed by atoms with Crippen LogP contribution < -0.4 is 0 Å². The van der Waals surface area contributed by atoms with E-state index in [-0.39, 0.29) is 6.04 Å². The summed E-state index contributed by atoms with van der Waals surface area (Å²) >= 11 is 5.22. The van der Waals surface area contributed by atoms with Crippen molar-refractivity contribution < 1.29 is 4.79 Å². The van der Waals surface area contributed by atoms with Crippen LogP contribution in [0.25, 0.3) is 0 Å². The molecule has 0 spiro atoms. The number of nitrogens with zero attached hydrogens (tertiary/aromatic N) is 2. The van der Waals surface area contributed by atoms with Crippen LogP contribution in [-0.2, 0) is 11.3 Å². The van der Waals surface area contributed by atoms with Crippen molar-refractivity contribution in [2.75, 3.05) is 13.6 Å². The zero-order valence-corrected chi connectivity index (χ0v) is 15.5. The van der Waals surface area contributed by atoms with Gasteiger partial charge in [-0.3, -0.25) is 9.69 Å². The van der Waals surface area contributed by atoms with Crippen molar-refractivity contribution in [3.63, 3.8) is 0 Å². The predicted molar refractivity (Wildman–Crippen MR) is 92.6 cm³/mol. The molecule has 0 saturated carbocycles. The van der Waals surface area contributed by atoms with E-state index in [0.29, 0.717) is 11.9 Å². The second-order valence-electron chi connectivity index (χ2n) is 5.91. The molecular formula is C16H25BrN2OS. The van der Waals surface area contributed by atoms with Gasteiger partial charge in [-0.15, -0.1) is 11.3 Å². The smallest absolute Gasteiger partial charge is 0.239 e. The first-order chi connectivity index (χ1) is 10.0. The van der Waals surface area contributed by atoms with Crippen molar-refractivity contribution in [2.45, 2.75) is 58.2 Å². The lowest BCUT2D eigenvalue weighted by molar-refractivity contribution is -0.140. The third-order valence-electron chi connectivity index (χ3n) is 4.43. The molecule has 1 aromatic heterocycles. The molecule has 0 N–H and O–H groups in total. The monoisotopic (exact) mass is 372 g/mol. The number of amides is 1. The van der Waals surface area contributed by atoms with Gasteiger partial charge in [0.2, 0.25) is 5.91 Å². The average molecular weight is 373 g/mol. The maximum absolute atomic E-state index is 12.8. The van der Waals surface area contributed by atoms with E-state index < -0.39 is 0 Å². The van der Waals surface area contributed by atoms with Crippen molar-refractivity contribution in [2.24, 2.45) is 0 Å².